The molecule has 1 atom stereocenters. The molecule has 8 nitrogen and oxygen atoms in total. The van der Waals surface area contributed by atoms with Gasteiger partial charge in [0.25, 0.3) is 10.0 Å². The van der Waals surface area contributed by atoms with Crippen molar-refractivity contribution in [3.63, 3.8) is 0 Å². The zero-order valence-electron chi connectivity index (χ0n) is 17.0. The lowest BCUT2D eigenvalue weighted by atomic mass is 10.00. The van der Waals surface area contributed by atoms with E-state index >= 15 is 0 Å². The van der Waals surface area contributed by atoms with Crippen LogP contribution < -0.4 is 0 Å². The Hall–Kier alpha value is -3.04. The first-order valence-electron chi connectivity index (χ1n) is 9.20. The Morgan fingerprint density at radius 2 is 1.87 bits per heavy atom. The molecule has 2 aromatic rings. The standard InChI is InChI=1S/C21H24N2O6S/c1-4-29-21(25)18(23(2)30(26,27)19-11-7-8-14-22-19)15-17-10-6-5-9-16(17)12-13-20(24)28-3/h5-14,18H,4,15H2,1-3H3/b13-12+/t18-/m0/s1. The summed E-state index contributed by atoms with van der Waals surface area (Å²) in [6.45, 7) is 1.76. The average molecular weight is 432 g/mol. The number of hydrogen-bond acceptors (Lipinski definition) is 7. The third kappa shape index (κ3) is 5.74. The van der Waals surface area contributed by atoms with Crippen molar-refractivity contribution < 1.29 is 27.5 Å². The SMILES string of the molecule is CCOC(=O)[C@H](Cc1ccccc1/C=C/C(=O)OC)N(C)S(=O)(=O)c1ccccn1. The molecule has 1 aromatic carbocycles. The summed E-state index contributed by atoms with van der Waals surface area (Å²) >= 11 is 0. The van der Waals surface area contributed by atoms with Crippen molar-refractivity contribution in [2.45, 2.75) is 24.4 Å². The Bertz CT molecular complexity index is 1010. The Kier molecular flexibility index (Phi) is 8.25. The molecule has 2 rings (SSSR count). The fourth-order valence-corrected chi connectivity index (χ4v) is 3.97. The zero-order chi connectivity index (χ0) is 22.1. The molecule has 0 aliphatic rings. The minimum Gasteiger partial charge on any atom is -0.466 e. The number of nitrogens with zero attached hydrogens (tertiary/aromatic N) is 2. The lowest BCUT2D eigenvalue weighted by molar-refractivity contribution is -0.147. The summed E-state index contributed by atoms with van der Waals surface area (Å²) < 4.78 is 36.7. The van der Waals surface area contributed by atoms with E-state index in [2.05, 4.69) is 9.72 Å². The molecule has 160 valence electrons. The van der Waals surface area contributed by atoms with Crippen molar-refractivity contribution >= 4 is 28.0 Å². The number of likely N-dealkylation sites (N-methyl/N-ethyl adjacent to an activating group) is 1. The zero-order valence-corrected chi connectivity index (χ0v) is 17.8. The van der Waals surface area contributed by atoms with Gasteiger partial charge in [0.15, 0.2) is 5.03 Å². The number of benzene rings is 1. The fraction of sp³-hybridized carbons (Fsp3) is 0.286. The minimum atomic E-state index is -4.03. The van der Waals surface area contributed by atoms with Gasteiger partial charge in [0, 0.05) is 25.7 Å². The molecule has 0 aliphatic carbocycles. The van der Waals surface area contributed by atoms with Crippen LogP contribution in [0.1, 0.15) is 18.1 Å². The van der Waals surface area contributed by atoms with E-state index in [1.54, 1.807) is 49.4 Å². The van der Waals surface area contributed by atoms with E-state index < -0.39 is 28.0 Å². The first-order valence-corrected chi connectivity index (χ1v) is 10.6. The summed E-state index contributed by atoms with van der Waals surface area (Å²) in [6, 6.07) is 10.4. The first-order chi connectivity index (χ1) is 14.3. The van der Waals surface area contributed by atoms with Gasteiger partial charge < -0.3 is 9.47 Å². The molecule has 0 amide bonds. The predicted molar refractivity (Wildman–Crippen MR) is 111 cm³/mol. The highest BCUT2D eigenvalue weighted by molar-refractivity contribution is 7.89. The van der Waals surface area contributed by atoms with Gasteiger partial charge in [0.05, 0.1) is 13.7 Å². The Labute approximate surface area is 176 Å². The molecule has 9 heteroatoms. The molecule has 0 saturated heterocycles. The third-order valence-electron chi connectivity index (χ3n) is 4.35. The molecule has 0 radical (unpaired) electrons. The molecule has 0 saturated carbocycles. The van der Waals surface area contributed by atoms with Crippen LogP contribution in [-0.2, 0) is 35.5 Å². The van der Waals surface area contributed by atoms with Gasteiger partial charge in [-0.05, 0) is 36.3 Å². The Morgan fingerprint density at radius 3 is 2.50 bits per heavy atom. The van der Waals surface area contributed by atoms with Crippen LogP contribution in [0.4, 0.5) is 0 Å². The van der Waals surface area contributed by atoms with Gasteiger partial charge in [-0.25, -0.2) is 18.2 Å². The van der Waals surface area contributed by atoms with Crippen LogP contribution in [0.3, 0.4) is 0 Å². The number of ether oxygens (including phenoxy) is 2. The van der Waals surface area contributed by atoms with E-state index in [0.717, 1.165) is 4.31 Å². The normalized spacial score (nSPS) is 12.7. The van der Waals surface area contributed by atoms with Crippen molar-refractivity contribution in [3.8, 4) is 0 Å². The highest BCUT2D eigenvalue weighted by atomic mass is 32.2. The third-order valence-corrected chi connectivity index (χ3v) is 6.13. The van der Waals surface area contributed by atoms with Crippen LogP contribution in [0.15, 0.2) is 59.8 Å². The maximum absolute atomic E-state index is 13.0. The quantitative estimate of drug-likeness (QED) is 0.441. The molecule has 0 spiro atoms. The number of esters is 2. The number of carbonyl (C=O) groups is 2. The summed E-state index contributed by atoms with van der Waals surface area (Å²) in [5.41, 5.74) is 1.32. The Morgan fingerprint density at radius 1 is 1.17 bits per heavy atom. The van der Waals surface area contributed by atoms with Crippen molar-refractivity contribution in [3.05, 3.63) is 65.9 Å². The smallest absolute Gasteiger partial charge is 0.330 e. The number of carbonyl (C=O) groups excluding carboxylic acids is 2. The molecule has 30 heavy (non-hydrogen) atoms. The lowest BCUT2D eigenvalue weighted by Gasteiger charge is -2.26. The predicted octanol–water partition coefficient (Wildman–Crippen LogP) is 2.06. The first kappa shape index (κ1) is 23.2. The van der Waals surface area contributed by atoms with Gasteiger partial charge >= 0.3 is 11.9 Å². The molecule has 0 unspecified atom stereocenters. The van der Waals surface area contributed by atoms with Crippen LogP contribution in [0.25, 0.3) is 6.08 Å². The van der Waals surface area contributed by atoms with E-state index in [1.165, 1.54) is 32.5 Å². The second-order valence-corrected chi connectivity index (χ2v) is 8.16. The molecule has 0 aliphatic heterocycles. The van der Waals surface area contributed by atoms with E-state index in [4.69, 9.17) is 4.74 Å². The van der Waals surface area contributed by atoms with Gasteiger partial charge in [-0.15, -0.1) is 0 Å². The number of rotatable bonds is 9. The molecule has 0 bridgehead atoms. The van der Waals surface area contributed by atoms with Crippen LogP contribution >= 0.6 is 0 Å². The van der Waals surface area contributed by atoms with Gasteiger partial charge in [-0.1, -0.05) is 30.3 Å². The summed E-state index contributed by atoms with van der Waals surface area (Å²) in [6.07, 6.45) is 4.22. The number of methoxy groups -OCH3 is 1. The van der Waals surface area contributed by atoms with E-state index in [-0.39, 0.29) is 18.1 Å². The Balaban J connectivity index is 2.41. The van der Waals surface area contributed by atoms with Crippen LogP contribution in [-0.4, -0.2) is 56.5 Å². The molecular formula is C21H24N2O6S. The molecule has 1 heterocycles. The number of pyridine rings is 1. The highest BCUT2D eigenvalue weighted by Gasteiger charge is 2.35. The van der Waals surface area contributed by atoms with Crippen LogP contribution in [0.5, 0.6) is 0 Å². The van der Waals surface area contributed by atoms with Gasteiger partial charge in [0.1, 0.15) is 6.04 Å². The van der Waals surface area contributed by atoms with E-state index in [9.17, 15) is 18.0 Å². The average Bonchev–Trinajstić information content (AvgIpc) is 2.76. The largest absolute Gasteiger partial charge is 0.466 e. The molecular weight excluding hydrogens is 408 g/mol. The number of hydrogen-bond donors (Lipinski definition) is 0. The van der Waals surface area contributed by atoms with Gasteiger partial charge in [-0.2, -0.15) is 4.31 Å². The van der Waals surface area contributed by atoms with E-state index in [1.807, 2.05) is 0 Å². The van der Waals surface area contributed by atoms with Gasteiger partial charge in [0.2, 0.25) is 0 Å². The van der Waals surface area contributed by atoms with Crippen molar-refractivity contribution in [2.24, 2.45) is 0 Å². The van der Waals surface area contributed by atoms with Gasteiger partial charge in [-0.3, -0.25) is 4.79 Å². The summed E-state index contributed by atoms with van der Waals surface area (Å²) in [5, 5.41) is -0.166. The van der Waals surface area contributed by atoms with Crippen molar-refractivity contribution in [1.82, 2.24) is 9.29 Å². The number of aromatic nitrogens is 1. The molecule has 1 aromatic heterocycles. The molecule has 0 fully saturated rings. The summed E-state index contributed by atoms with van der Waals surface area (Å²) in [7, 11) is -1.45. The van der Waals surface area contributed by atoms with Crippen molar-refractivity contribution in [2.75, 3.05) is 20.8 Å². The lowest BCUT2D eigenvalue weighted by Crippen LogP contribution is -2.45. The summed E-state index contributed by atoms with van der Waals surface area (Å²) in [4.78, 5) is 28.0. The van der Waals surface area contributed by atoms with E-state index in [0.29, 0.717) is 11.1 Å². The minimum absolute atomic E-state index is 0.0447. The molecule has 0 N–H and O–H groups in total. The second-order valence-electron chi connectivity index (χ2n) is 6.22. The van der Waals surface area contributed by atoms with Crippen LogP contribution in [0.2, 0.25) is 0 Å². The monoisotopic (exact) mass is 432 g/mol. The summed E-state index contributed by atoms with van der Waals surface area (Å²) in [5.74, 6) is -1.20. The maximum atomic E-state index is 13.0. The second kappa shape index (κ2) is 10.7. The maximum Gasteiger partial charge on any atom is 0.330 e. The highest BCUT2D eigenvalue weighted by Crippen LogP contribution is 2.21. The van der Waals surface area contributed by atoms with Crippen molar-refractivity contribution in [1.29, 1.82) is 0 Å². The topological polar surface area (TPSA) is 103 Å². The fourth-order valence-electron chi connectivity index (χ4n) is 2.73. The number of sulfonamides is 1. The van der Waals surface area contributed by atoms with Crippen LogP contribution in [0, 0.1) is 0 Å².